The minimum absolute atomic E-state index is 0.0588. The van der Waals surface area contributed by atoms with E-state index in [1.807, 2.05) is 16.9 Å². The lowest BCUT2D eigenvalue weighted by Gasteiger charge is -2.33. The molecule has 0 amide bonds. The highest BCUT2D eigenvalue weighted by Gasteiger charge is 2.32. The van der Waals surface area contributed by atoms with Crippen molar-refractivity contribution in [1.29, 1.82) is 0 Å². The molecule has 1 aliphatic heterocycles. The summed E-state index contributed by atoms with van der Waals surface area (Å²) in [6, 6.07) is 10.8. The van der Waals surface area contributed by atoms with Crippen LogP contribution >= 0.6 is 0 Å². The zero-order chi connectivity index (χ0) is 19.6. The third-order valence-electron chi connectivity index (χ3n) is 6.13. The summed E-state index contributed by atoms with van der Waals surface area (Å²) in [5.41, 5.74) is 2.14. The topological polar surface area (TPSA) is 59.7 Å². The van der Waals surface area contributed by atoms with Gasteiger partial charge in [0.15, 0.2) is 5.82 Å². The molecule has 0 N–H and O–H groups in total. The van der Waals surface area contributed by atoms with Gasteiger partial charge in [-0.15, -0.1) is 5.10 Å². The summed E-state index contributed by atoms with van der Waals surface area (Å²) in [5, 5.41) is 14.2. The van der Waals surface area contributed by atoms with E-state index in [0.29, 0.717) is 0 Å². The molecule has 148 valence electrons. The van der Waals surface area contributed by atoms with Gasteiger partial charge < -0.3 is 0 Å². The largest absolute Gasteiger partial charge is 0.290 e. The van der Waals surface area contributed by atoms with E-state index < -0.39 is 0 Å². The smallest absolute Gasteiger partial charge is 0.173 e. The maximum Gasteiger partial charge on any atom is 0.173 e. The first kappa shape index (κ1) is 19.0. The molecule has 1 fully saturated rings. The van der Waals surface area contributed by atoms with Crippen molar-refractivity contribution >= 4 is 10.9 Å². The van der Waals surface area contributed by atoms with E-state index in [1.54, 1.807) is 0 Å². The Hall–Kier alpha value is -2.34. The summed E-state index contributed by atoms with van der Waals surface area (Å²) in [6.45, 7) is 8.76. The van der Waals surface area contributed by atoms with E-state index in [0.717, 1.165) is 36.2 Å². The van der Waals surface area contributed by atoms with Crippen molar-refractivity contribution in [2.24, 2.45) is 0 Å². The number of benzene rings is 1. The monoisotopic (exact) mass is 378 g/mol. The highest BCUT2D eigenvalue weighted by Crippen LogP contribution is 2.33. The average Bonchev–Trinajstić information content (AvgIpc) is 3.05. The quantitative estimate of drug-likeness (QED) is 0.661. The first-order valence-corrected chi connectivity index (χ1v) is 10.5. The number of hydrogen-bond donors (Lipinski definition) is 0. The summed E-state index contributed by atoms with van der Waals surface area (Å²) < 4.78 is 2.04. The van der Waals surface area contributed by atoms with Crippen LogP contribution in [-0.2, 0) is 5.54 Å². The molecule has 0 spiro atoms. The summed E-state index contributed by atoms with van der Waals surface area (Å²) in [7, 11) is 0. The SMILES string of the molecule is CCC(C)(C)n1nnnc1[C@@H](c1ccc2ncccc2c1)N1CCCCCC1. The van der Waals surface area contributed by atoms with Crippen molar-refractivity contribution in [1.82, 2.24) is 30.1 Å². The molecule has 4 rings (SSSR count). The van der Waals surface area contributed by atoms with E-state index >= 15 is 0 Å². The van der Waals surface area contributed by atoms with Gasteiger partial charge in [0.05, 0.1) is 17.1 Å². The first-order chi connectivity index (χ1) is 13.6. The molecule has 1 atom stereocenters. The van der Waals surface area contributed by atoms with Crippen LogP contribution in [0.3, 0.4) is 0 Å². The standard InChI is InChI=1S/C22H30N6/c1-4-22(2,3)28-21(24-25-26-28)20(27-14-7-5-6-8-15-27)18-11-12-19-17(16-18)10-9-13-23-19/h9-13,16,20H,4-8,14-15H2,1-3H3/t20-/m1/s1. The Labute approximate surface area is 167 Å². The van der Waals surface area contributed by atoms with Gasteiger partial charge in [0, 0.05) is 11.6 Å². The molecular formula is C22H30N6. The number of fused-ring (bicyclic) bond motifs is 1. The summed E-state index contributed by atoms with van der Waals surface area (Å²) >= 11 is 0. The summed E-state index contributed by atoms with van der Waals surface area (Å²) in [5.74, 6) is 0.942. The lowest BCUT2D eigenvalue weighted by molar-refractivity contribution is 0.203. The van der Waals surface area contributed by atoms with Crippen molar-refractivity contribution in [3.8, 4) is 0 Å². The number of hydrogen-bond acceptors (Lipinski definition) is 5. The van der Waals surface area contributed by atoms with Crippen LogP contribution in [0.1, 0.15) is 70.3 Å². The van der Waals surface area contributed by atoms with Crippen molar-refractivity contribution in [2.75, 3.05) is 13.1 Å². The second-order valence-electron chi connectivity index (χ2n) is 8.42. The van der Waals surface area contributed by atoms with Gasteiger partial charge in [-0.2, -0.15) is 0 Å². The number of likely N-dealkylation sites (tertiary alicyclic amines) is 1. The van der Waals surface area contributed by atoms with Crippen LogP contribution in [0.2, 0.25) is 0 Å². The molecule has 0 radical (unpaired) electrons. The minimum atomic E-state index is -0.124. The number of rotatable bonds is 5. The van der Waals surface area contributed by atoms with Gasteiger partial charge in [-0.25, -0.2) is 4.68 Å². The van der Waals surface area contributed by atoms with Gasteiger partial charge in [-0.3, -0.25) is 9.88 Å². The van der Waals surface area contributed by atoms with Crippen molar-refractivity contribution in [3.05, 3.63) is 47.9 Å². The molecule has 1 saturated heterocycles. The van der Waals surface area contributed by atoms with Crippen LogP contribution in [0.25, 0.3) is 10.9 Å². The van der Waals surface area contributed by atoms with E-state index in [1.165, 1.54) is 31.2 Å². The molecule has 28 heavy (non-hydrogen) atoms. The lowest BCUT2D eigenvalue weighted by atomic mass is 9.98. The fourth-order valence-electron chi connectivity index (χ4n) is 4.09. The average molecular weight is 379 g/mol. The molecule has 2 aromatic heterocycles. The molecule has 0 saturated carbocycles. The first-order valence-electron chi connectivity index (χ1n) is 10.5. The van der Waals surface area contributed by atoms with Gasteiger partial charge in [0.25, 0.3) is 0 Å². The molecular weight excluding hydrogens is 348 g/mol. The molecule has 1 aliphatic rings. The van der Waals surface area contributed by atoms with Gasteiger partial charge in [0.1, 0.15) is 0 Å². The predicted octanol–water partition coefficient (Wildman–Crippen LogP) is 4.33. The zero-order valence-electron chi connectivity index (χ0n) is 17.2. The normalized spacial score (nSPS) is 17.5. The highest BCUT2D eigenvalue weighted by molar-refractivity contribution is 5.79. The summed E-state index contributed by atoms with van der Waals surface area (Å²) in [6.07, 6.45) is 7.87. The third kappa shape index (κ3) is 3.65. The Bertz CT molecular complexity index is 923. The maximum absolute atomic E-state index is 4.54. The van der Waals surface area contributed by atoms with Crippen molar-refractivity contribution in [3.63, 3.8) is 0 Å². The van der Waals surface area contributed by atoms with Gasteiger partial charge >= 0.3 is 0 Å². The van der Waals surface area contributed by atoms with Crippen LogP contribution in [0.15, 0.2) is 36.5 Å². The van der Waals surface area contributed by atoms with E-state index in [4.69, 9.17) is 0 Å². The predicted molar refractivity (Wildman–Crippen MR) is 111 cm³/mol. The van der Waals surface area contributed by atoms with Crippen molar-refractivity contribution in [2.45, 2.75) is 64.5 Å². The molecule has 1 aromatic carbocycles. The Kier molecular flexibility index (Phi) is 5.40. The van der Waals surface area contributed by atoms with Gasteiger partial charge in [-0.05, 0) is 80.4 Å². The van der Waals surface area contributed by atoms with Crippen molar-refractivity contribution < 1.29 is 0 Å². The van der Waals surface area contributed by atoms with Gasteiger partial charge in [-0.1, -0.05) is 31.9 Å². The van der Waals surface area contributed by atoms with Gasteiger partial charge in [0.2, 0.25) is 0 Å². The fraction of sp³-hybridized carbons (Fsp3) is 0.545. The molecule has 3 heterocycles. The van der Waals surface area contributed by atoms with E-state index in [2.05, 4.69) is 70.4 Å². The molecule has 0 bridgehead atoms. The summed E-state index contributed by atoms with van der Waals surface area (Å²) in [4.78, 5) is 7.05. The molecule has 3 aromatic rings. The third-order valence-corrected chi connectivity index (χ3v) is 6.13. The number of aromatic nitrogens is 5. The molecule has 0 unspecified atom stereocenters. The highest BCUT2D eigenvalue weighted by atomic mass is 15.6. The van der Waals surface area contributed by atoms with Crippen LogP contribution in [0.4, 0.5) is 0 Å². The number of tetrazole rings is 1. The lowest BCUT2D eigenvalue weighted by Crippen LogP contribution is -2.36. The van der Waals surface area contributed by atoms with Crippen LogP contribution in [-0.4, -0.2) is 43.2 Å². The fourth-order valence-corrected chi connectivity index (χ4v) is 4.09. The van der Waals surface area contributed by atoms with Crippen LogP contribution in [0.5, 0.6) is 0 Å². The number of pyridine rings is 1. The van der Waals surface area contributed by atoms with Crippen LogP contribution < -0.4 is 0 Å². The number of nitrogens with zero attached hydrogens (tertiary/aromatic N) is 6. The maximum atomic E-state index is 4.54. The second-order valence-corrected chi connectivity index (χ2v) is 8.42. The zero-order valence-corrected chi connectivity index (χ0v) is 17.2. The molecule has 6 nitrogen and oxygen atoms in total. The molecule has 6 heteroatoms. The Balaban J connectivity index is 1.83. The minimum Gasteiger partial charge on any atom is -0.290 e. The van der Waals surface area contributed by atoms with Crippen LogP contribution in [0, 0.1) is 0 Å². The Morgan fingerprint density at radius 3 is 2.61 bits per heavy atom. The Morgan fingerprint density at radius 2 is 1.86 bits per heavy atom. The van der Waals surface area contributed by atoms with E-state index in [-0.39, 0.29) is 11.6 Å². The second kappa shape index (κ2) is 7.95. The van der Waals surface area contributed by atoms with E-state index in [9.17, 15) is 0 Å². The Morgan fingerprint density at radius 1 is 1.07 bits per heavy atom. The molecule has 0 aliphatic carbocycles.